The van der Waals surface area contributed by atoms with Crippen LogP contribution in [0.3, 0.4) is 0 Å². The molecule has 1 aromatic rings. The normalized spacial score (nSPS) is 10.8. The van der Waals surface area contributed by atoms with Gasteiger partial charge in [0.1, 0.15) is 5.75 Å². The van der Waals surface area contributed by atoms with Crippen LogP contribution < -0.4 is 4.74 Å². The molecule has 1 aromatic carbocycles. The smallest absolute Gasteiger partial charge is 0.311 e. The molecule has 0 unspecified atom stereocenters. The highest BCUT2D eigenvalue weighted by atomic mass is 79.9. The summed E-state index contributed by atoms with van der Waals surface area (Å²) in [6, 6.07) is 7.66. The zero-order valence-corrected chi connectivity index (χ0v) is 16.8. The fourth-order valence-corrected chi connectivity index (χ4v) is 3.14. The number of alkyl halides is 1. The van der Waals surface area contributed by atoms with Gasteiger partial charge in [0.2, 0.25) is 0 Å². The molecule has 0 aliphatic carbocycles. The second-order valence-corrected chi connectivity index (χ2v) is 7.10. The summed E-state index contributed by atoms with van der Waals surface area (Å²) in [5, 5.41) is 0.819. The van der Waals surface area contributed by atoms with Gasteiger partial charge in [-0.15, -0.1) is 0 Å². The van der Waals surface area contributed by atoms with Crippen LogP contribution in [0.2, 0.25) is 0 Å². The Kier molecular flexibility index (Phi) is 12.8. The van der Waals surface area contributed by atoms with E-state index in [1.54, 1.807) is 0 Å². The van der Waals surface area contributed by atoms with Crippen molar-refractivity contribution in [1.82, 2.24) is 0 Å². The molecule has 136 valence electrons. The number of esters is 1. The first-order valence-corrected chi connectivity index (χ1v) is 10.7. The van der Waals surface area contributed by atoms with Crippen LogP contribution in [0.4, 0.5) is 0 Å². The molecular formula is C21H33BrO2. The Balaban J connectivity index is 1.94. The Morgan fingerprint density at radius 3 is 1.83 bits per heavy atom. The molecule has 0 heterocycles. The predicted molar refractivity (Wildman–Crippen MR) is 106 cm³/mol. The molecule has 1 rings (SSSR count). The SMILES string of the molecule is CCCCCCCCCCCCCC(=O)Oc1ccc(CBr)cc1. The van der Waals surface area contributed by atoms with E-state index in [1.165, 1.54) is 63.4 Å². The molecule has 0 spiro atoms. The number of hydrogen-bond donors (Lipinski definition) is 0. The lowest BCUT2D eigenvalue weighted by Gasteiger charge is -2.05. The maximum Gasteiger partial charge on any atom is 0.311 e. The van der Waals surface area contributed by atoms with E-state index in [0.717, 1.165) is 18.2 Å². The molecule has 0 fully saturated rings. The number of unbranched alkanes of at least 4 members (excludes halogenated alkanes) is 10. The lowest BCUT2D eigenvalue weighted by molar-refractivity contribution is -0.134. The molecule has 0 atom stereocenters. The van der Waals surface area contributed by atoms with E-state index in [9.17, 15) is 4.79 Å². The Bertz CT molecular complexity index is 428. The summed E-state index contributed by atoms with van der Waals surface area (Å²) in [6.45, 7) is 2.26. The zero-order chi connectivity index (χ0) is 17.5. The first kappa shape index (κ1) is 21.2. The highest BCUT2D eigenvalue weighted by Gasteiger charge is 2.04. The Morgan fingerprint density at radius 2 is 1.33 bits per heavy atom. The second-order valence-electron chi connectivity index (χ2n) is 6.54. The van der Waals surface area contributed by atoms with E-state index in [4.69, 9.17) is 4.74 Å². The first-order chi connectivity index (χ1) is 11.8. The van der Waals surface area contributed by atoms with Gasteiger partial charge in [0.25, 0.3) is 0 Å². The van der Waals surface area contributed by atoms with Crippen molar-refractivity contribution in [2.45, 2.75) is 89.3 Å². The van der Waals surface area contributed by atoms with Crippen LogP contribution in [0.25, 0.3) is 0 Å². The second kappa shape index (κ2) is 14.5. The Labute approximate surface area is 156 Å². The van der Waals surface area contributed by atoms with Crippen molar-refractivity contribution in [3.05, 3.63) is 29.8 Å². The highest BCUT2D eigenvalue weighted by molar-refractivity contribution is 9.08. The molecule has 2 nitrogen and oxygen atoms in total. The van der Waals surface area contributed by atoms with Gasteiger partial charge in [-0.25, -0.2) is 0 Å². The average molecular weight is 397 g/mol. The van der Waals surface area contributed by atoms with Crippen LogP contribution in [0.15, 0.2) is 24.3 Å². The van der Waals surface area contributed by atoms with Crippen molar-refractivity contribution in [2.24, 2.45) is 0 Å². The van der Waals surface area contributed by atoms with Crippen molar-refractivity contribution in [3.8, 4) is 5.75 Å². The molecule has 3 heteroatoms. The first-order valence-electron chi connectivity index (χ1n) is 9.62. The molecule has 0 radical (unpaired) electrons. The molecule has 0 N–H and O–H groups in total. The Hall–Kier alpha value is -0.830. The van der Waals surface area contributed by atoms with Gasteiger partial charge in [-0.1, -0.05) is 99.2 Å². The van der Waals surface area contributed by atoms with E-state index >= 15 is 0 Å². The van der Waals surface area contributed by atoms with Crippen molar-refractivity contribution in [2.75, 3.05) is 0 Å². The summed E-state index contributed by atoms with van der Waals surface area (Å²) < 4.78 is 5.35. The molecule has 0 saturated carbocycles. The van der Waals surface area contributed by atoms with Gasteiger partial charge >= 0.3 is 5.97 Å². The minimum absolute atomic E-state index is 0.113. The Morgan fingerprint density at radius 1 is 0.833 bits per heavy atom. The maximum absolute atomic E-state index is 11.8. The van der Waals surface area contributed by atoms with Gasteiger partial charge in [0.05, 0.1) is 0 Å². The van der Waals surface area contributed by atoms with E-state index in [0.29, 0.717) is 12.2 Å². The molecule has 0 aromatic heterocycles. The number of rotatable bonds is 14. The topological polar surface area (TPSA) is 26.3 Å². The van der Waals surface area contributed by atoms with Crippen LogP contribution in [0, 0.1) is 0 Å². The van der Waals surface area contributed by atoms with Crippen LogP contribution in [0.1, 0.15) is 89.5 Å². The summed E-state index contributed by atoms with van der Waals surface area (Å²) in [5.74, 6) is 0.533. The minimum Gasteiger partial charge on any atom is -0.427 e. The van der Waals surface area contributed by atoms with Crippen molar-refractivity contribution < 1.29 is 9.53 Å². The van der Waals surface area contributed by atoms with E-state index in [1.807, 2.05) is 24.3 Å². The predicted octanol–water partition coefficient (Wildman–Crippen LogP) is 7.19. The van der Waals surface area contributed by atoms with Crippen LogP contribution >= 0.6 is 15.9 Å². The maximum atomic E-state index is 11.8. The third-order valence-electron chi connectivity index (χ3n) is 4.29. The molecule has 0 saturated heterocycles. The number of benzene rings is 1. The van der Waals surface area contributed by atoms with Crippen molar-refractivity contribution in [3.63, 3.8) is 0 Å². The van der Waals surface area contributed by atoms with Gasteiger partial charge in [-0.3, -0.25) is 4.79 Å². The van der Waals surface area contributed by atoms with Crippen LogP contribution in [0.5, 0.6) is 5.75 Å². The third-order valence-corrected chi connectivity index (χ3v) is 4.94. The average Bonchev–Trinajstić information content (AvgIpc) is 2.60. The quantitative estimate of drug-likeness (QED) is 0.144. The van der Waals surface area contributed by atoms with Crippen LogP contribution in [-0.4, -0.2) is 5.97 Å². The summed E-state index contributed by atoms with van der Waals surface area (Å²) in [6.07, 6.45) is 14.8. The fraction of sp³-hybridized carbons (Fsp3) is 0.667. The molecule has 24 heavy (non-hydrogen) atoms. The van der Waals surface area contributed by atoms with E-state index in [2.05, 4.69) is 22.9 Å². The summed E-state index contributed by atoms with van der Waals surface area (Å²) in [7, 11) is 0. The summed E-state index contributed by atoms with van der Waals surface area (Å²) >= 11 is 3.40. The largest absolute Gasteiger partial charge is 0.427 e. The molecule has 0 aliphatic rings. The third kappa shape index (κ3) is 10.9. The number of carbonyl (C=O) groups is 1. The van der Waals surface area contributed by atoms with Gasteiger partial charge in [-0.2, -0.15) is 0 Å². The number of hydrogen-bond acceptors (Lipinski definition) is 2. The molecule has 0 bridgehead atoms. The molecular weight excluding hydrogens is 364 g/mol. The number of halogens is 1. The molecule has 0 amide bonds. The van der Waals surface area contributed by atoms with E-state index in [-0.39, 0.29) is 5.97 Å². The summed E-state index contributed by atoms with van der Waals surface area (Å²) in [4.78, 5) is 11.8. The highest BCUT2D eigenvalue weighted by Crippen LogP contribution is 2.16. The van der Waals surface area contributed by atoms with E-state index < -0.39 is 0 Å². The van der Waals surface area contributed by atoms with Gasteiger partial charge in [-0.05, 0) is 24.1 Å². The van der Waals surface area contributed by atoms with Crippen molar-refractivity contribution >= 4 is 21.9 Å². The lowest BCUT2D eigenvalue weighted by Crippen LogP contribution is -2.07. The van der Waals surface area contributed by atoms with Gasteiger partial charge in [0.15, 0.2) is 0 Å². The fourth-order valence-electron chi connectivity index (χ4n) is 2.76. The van der Waals surface area contributed by atoms with Gasteiger partial charge in [0, 0.05) is 11.8 Å². The monoisotopic (exact) mass is 396 g/mol. The van der Waals surface area contributed by atoms with Crippen molar-refractivity contribution in [1.29, 1.82) is 0 Å². The minimum atomic E-state index is -0.113. The van der Waals surface area contributed by atoms with Crippen LogP contribution in [-0.2, 0) is 10.1 Å². The lowest BCUT2D eigenvalue weighted by atomic mass is 10.1. The van der Waals surface area contributed by atoms with Gasteiger partial charge < -0.3 is 4.74 Å². The zero-order valence-electron chi connectivity index (χ0n) is 15.2. The number of carbonyl (C=O) groups excluding carboxylic acids is 1. The standard InChI is InChI=1S/C21H33BrO2/c1-2-3-4-5-6-7-8-9-10-11-12-13-21(23)24-20-16-14-19(18-22)15-17-20/h14-17H,2-13,18H2,1H3. The number of ether oxygens (including phenoxy) is 1. The molecule has 0 aliphatic heterocycles. The summed E-state index contributed by atoms with van der Waals surface area (Å²) in [5.41, 5.74) is 1.18.